The average Bonchev–Trinajstić information content (AvgIpc) is 2.82. The molecule has 1 heterocycles. The lowest BCUT2D eigenvalue weighted by atomic mass is 10.0. The van der Waals surface area contributed by atoms with E-state index in [1.54, 1.807) is 13.2 Å². The van der Waals surface area contributed by atoms with Gasteiger partial charge in [-0.2, -0.15) is 0 Å². The summed E-state index contributed by atoms with van der Waals surface area (Å²) >= 11 is 6.39. The SMILES string of the molecule is CCOc1ccc(CN2CCCN(Cc3ccc(F)cc3Cl)[C@H]2c2ccccc2OC)cc1. The van der Waals surface area contributed by atoms with Crippen molar-refractivity contribution in [3.8, 4) is 11.5 Å². The van der Waals surface area contributed by atoms with Crippen molar-refractivity contribution < 1.29 is 13.9 Å². The molecule has 0 bridgehead atoms. The number of rotatable bonds is 8. The number of benzene rings is 3. The molecule has 0 saturated carbocycles. The number of halogens is 2. The molecule has 0 N–H and O–H groups in total. The van der Waals surface area contributed by atoms with Gasteiger partial charge in [-0.3, -0.25) is 9.80 Å². The number of hydrogen-bond donors (Lipinski definition) is 0. The molecule has 1 fully saturated rings. The molecule has 4 rings (SSSR count). The zero-order valence-electron chi connectivity index (χ0n) is 19.1. The molecule has 0 amide bonds. The summed E-state index contributed by atoms with van der Waals surface area (Å²) in [5.74, 6) is 1.42. The van der Waals surface area contributed by atoms with Crippen molar-refractivity contribution in [2.45, 2.75) is 32.6 Å². The van der Waals surface area contributed by atoms with Crippen molar-refractivity contribution in [3.05, 3.63) is 94.3 Å². The van der Waals surface area contributed by atoms with Crippen LogP contribution in [0.4, 0.5) is 4.39 Å². The Morgan fingerprint density at radius 3 is 2.39 bits per heavy atom. The number of ether oxygens (including phenoxy) is 2. The van der Waals surface area contributed by atoms with Crippen molar-refractivity contribution in [2.24, 2.45) is 0 Å². The monoisotopic (exact) mass is 468 g/mol. The van der Waals surface area contributed by atoms with E-state index in [-0.39, 0.29) is 12.0 Å². The van der Waals surface area contributed by atoms with Crippen molar-refractivity contribution in [1.82, 2.24) is 9.80 Å². The first-order valence-corrected chi connectivity index (χ1v) is 11.7. The van der Waals surface area contributed by atoms with Crippen LogP contribution in [0.15, 0.2) is 66.7 Å². The highest BCUT2D eigenvalue weighted by atomic mass is 35.5. The van der Waals surface area contributed by atoms with Crippen molar-refractivity contribution in [1.29, 1.82) is 0 Å². The molecule has 174 valence electrons. The molecule has 0 radical (unpaired) electrons. The fourth-order valence-corrected chi connectivity index (χ4v) is 4.74. The minimum Gasteiger partial charge on any atom is -0.496 e. The summed E-state index contributed by atoms with van der Waals surface area (Å²) in [6.45, 7) is 5.94. The molecule has 1 aliphatic rings. The average molecular weight is 469 g/mol. The third-order valence-corrected chi connectivity index (χ3v) is 6.36. The van der Waals surface area contributed by atoms with E-state index in [2.05, 4.69) is 28.0 Å². The smallest absolute Gasteiger partial charge is 0.124 e. The summed E-state index contributed by atoms with van der Waals surface area (Å²) in [6.07, 6.45) is 1.03. The summed E-state index contributed by atoms with van der Waals surface area (Å²) in [6, 6.07) is 21.1. The van der Waals surface area contributed by atoms with E-state index >= 15 is 0 Å². The van der Waals surface area contributed by atoms with Crippen LogP contribution in [0.25, 0.3) is 0 Å². The molecule has 1 atom stereocenters. The Morgan fingerprint density at radius 2 is 1.70 bits per heavy atom. The van der Waals surface area contributed by atoms with Gasteiger partial charge in [-0.1, -0.05) is 48.0 Å². The Morgan fingerprint density at radius 1 is 0.970 bits per heavy atom. The fraction of sp³-hybridized carbons (Fsp3) is 0.333. The van der Waals surface area contributed by atoms with Crippen LogP contribution in [0.5, 0.6) is 11.5 Å². The second-order valence-electron chi connectivity index (χ2n) is 8.22. The van der Waals surface area contributed by atoms with Gasteiger partial charge in [-0.05, 0) is 54.8 Å². The molecular formula is C27H30ClFN2O2. The molecule has 1 saturated heterocycles. The van der Waals surface area contributed by atoms with Crippen LogP contribution in [0, 0.1) is 5.82 Å². The van der Waals surface area contributed by atoms with Crippen LogP contribution in [-0.2, 0) is 13.1 Å². The van der Waals surface area contributed by atoms with E-state index in [1.165, 1.54) is 17.7 Å². The minimum atomic E-state index is -0.319. The van der Waals surface area contributed by atoms with E-state index in [1.807, 2.05) is 37.3 Å². The lowest BCUT2D eigenvalue weighted by Crippen LogP contribution is -2.47. The molecule has 4 nitrogen and oxygen atoms in total. The van der Waals surface area contributed by atoms with Crippen LogP contribution in [-0.4, -0.2) is 36.6 Å². The largest absolute Gasteiger partial charge is 0.496 e. The standard InChI is InChI=1S/C27H30ClFN2O2/c1-3-33-23-13-9-20(10-14-23)18-30-15-6-16-31(19-21-11-12-22(29)17-25(21)28)27(30)24-7-4-5-8-26(24)32-2/h4-5,7-14,17,27H,3,6,15-16,18-19H2,1-2H3/t27-/m0/s1. The maximum Gasteiger partial charge on any atom is 0.124 e. The molecule has 1 aliphatic heterocycles. The van der Waals surface area contributed by atoms with Gasteiger partial charge in [-0.25, -0.2) is 4.39 Å². The van der Waals surface area contributed by atoms with Crippen LogP contribution in [0.1, 0.15) is 36.2 Å². The number of methoxy groups -OCH3 is 1. The highest BCUT2D eigenvalue weighted by Crippen LogP contribution is 2.37. The molecule has 3 aromatic carbocycles. The molecule has 6 heteroatoms. The summed E-state index contributed by atoms with van der Waals surface area (Å²) in [7, 11) is 1.71. The van der Waals surface area contributed by atoms with Gasteiger partial charge >= 0.3 is 0 Å². The maximum atomic E-state index is 13.6. The summed E-state index contributed by atoms with van der Waals surface area (Å²) in [5.41, 5.74) is 3.25. The molecule has 33 heavy (non-hydrogen) atoms. The highest BCUT2D eigenvalue weighted by Gasteiger charge is 2.33. The normalized spacial score (nSPS) is 17.2. The lowest BCUT2D eigenvalue weighted by molar-refractivity contribution is -0.0103. The van der Waals surface area contributed by atoms with Gasteiger partial charge in [0.1, 0.15) is 17.3 Å². The first-order valence-electron chi connectivity index (χ1n) is 11.4. The predicted molar refractivity (Wildman–Crippen MR) is 130 cm³/mol. The number of para-hydroxylation sites is 1. The molecule has 3 aromatic rings. The van der Waals surface area contributed by atoms with Crippen LogP contribution < -0.4 is 9.47 Å². The van der Waals surface area contributed by atoms with Gasteiger partial charge in [0.25, 0.3) is 0 Å². The van der Waals surface area contributed by atoms with Gasteiger partial charge in [-0.15, -0.1) is 0 Å². The number of hydrogen-bond acceptors (Lipinski definition) is 4. The highest BCUT2D eigenvalue weighted by molar-refractivity contribution is 6.31. The van der Waals surface area contributed by atoms with E-state index in [0.29, 0.717) is 18.2 Å². The van der Waals surface area contributed by atoms with Gasteiger partial charge in [0.15, 0.2) is 0 Å². The first-order chi connectivity index (χ1) is 16.1. The summed E-state index contributed by atoms with van der Waals surface area (Å²) < 4.78 is 24.9. The summed E-state index contributed by atoms with van der Waals surface area (Å²) in [4.78, 5) is 4.86. The Labute approximate surface area is 200 Å². The Balaban J connectivity index is 1.65. The quantitative estimate of drug-likeness (QED) is 0.387. The Kier molecular flexibility index (Phi) is 7.86. The minimum absolute atomic E-state index is 0.00240. The van der Waals surface area contributed by atoms with Crippen molar-refractivity contribution >= 4 is 11.6 Å². The van der Waals surface area contributed by atoms with Gasteiger partial charge < -0.3 is 9.47 Å². The molecular weight excluding hydrogens is 439 g/mol. The van der Waals surface area contributed by atoms with Gasteiger partial charge in [0.05, 0.1) is 19.9 Å². The lowest BCUT2D eigenvalue weighted by Gasteiger charge is -2.44. The second kappa shape index (κ2) is 11.0. The zero-order valence-corrected chi connectivity index (χ0v) is 19.9. The number of nitrogens with zero attached hydrogens (tertiary/aromatic N) is 2. The maximum absolute atomic E-state index is 13.6. The topological polar surface area (TPSA) is 24.9 Å². The van der Waals surface area contributed by atoms with Gasteiger partial charge in [0, 0.05) is 36.8 Å². The fourth-order valence-electron chi connectivity index (χ4n) is 4.52. The summed E-state index contributed by atoms with van der Waals surface area (Å²) in [5, 5.41) is 0.456. The van der Waals surface area contributed by atoms with E-state index in [0.717, 1.165) is 48.7 Å². The van der Waals surface area contributed by atoms with E-state index in [9.17, 15) is 4.39 Å². The first kappa shape index (κ1) is 23.6. The molecule has 0 aromatic heterocycles. The third-order valence-electron chi connectivity index (χ3n) is 6.01. The van der Waals surface area contributed by atoms with Crippen LogP contribution in [0.2, 0.25) is 5.02 Å². The molecule has 0 spiro atoms. The third kappa shape index (κ3) is 5.67. The Hall–Kier alpha value is -2.60. The van der Waals surface area contributed by atoms with Crippen LogP contribution in [0.3, 0.4) is 0 Å². The van der Waals surface area contributed by atoms with Crippen molar-refractivity contribution in [2.75, 3.05) is 26.8 Å². The molecule has 0 unspecified atom stereocenters. The van der Waals surface area contributed by atoms with Crippen molar-refractivity contribution in [3.63, 3.8) is 0 Å². The zero-order chi connectivity index (χ0) is 23.2. The predicted octanol–water partition coefficient (Wildman–Crippen LogP) is 6.29. The second-order valence-corrected chi connectivity index (χ2v) is 8.63. The Bertz CT molecular complexity index is 1060. The van der Waals surface area contributed by atoms with Gasteiger partial charge in [0.2, 0.25) is 0 Å². The van der Waals surface area contributed by atoms with E-state index < -0.39 is 0 Å². The van der Waals surface area contributed by atoms with Crippen LogP contribution >= 0.6 is 11.6 Å². The molecule has 0 aliphatic carbocycles. The van der Waals surface area contributed by atoms with E-state index in [4.69, 9.17) is 21.1 Å².